The molecule has 0 saturated carbocycles. The van der Waals surface area contributed by atoms with Gasteiger partial charge in [-0.1, -0.05) is 0 Å². The summed E-state index contributed by atoms with van der Waals surface area (Å²) in [5, 5.41) is 0. The van der Waals surface area contributed by atoms with Crippen LogP contribution in [0.25, 0.3) is 0 Å². The molecule has 0 spiro atoms. The number of carbonyl (C=O) groups excluding carboxylic acids is 2. The minimum Gasteiger partial charge on any atom is -0.454 e. The lowest BCUT2D eigenvalue weighted by atomic mass is 10.1. The maximum Gasteiger partial charge on any atom is 0.231 e. The molecule has 1 aromatic carbocycles. The van der Waals surface area contributed by atoms with E-state index in [4.69, 9.17) is 14.2 Å². The second-order valence-corrected chi connectivity index (χ2v) is 8.19. The van der Waals surface area contributed by atoms with Crippen LogP contribution in [0.15, 0.2) is 18.2 Å². The summed E-state index contributed by atoms with van der Waals surface area (Å²) in [5.74, 6) is 1.57. The first-order chi connectivity index (χ1) is 14.0. The number of nitrogens with one attached hydrogen (secondary N) is 1. The van der Waals surface area contributed by atoms with Crippen LogP contribution in [0.2, 0.25) is 0 Å². The van der Waals surface area contributed by atoms with Crippen LogP contribution in [0.5, 0.6) is 11.5 Å². The van der Waals surface area contributed by atoms with Gasteiger partial charge in [-0.2, -0.15) is 0 Å². The lowest BCUT2D eigenvalue weighted by Crippen LogP contribution is -3.13. The van der Waals surface area contributed by atoms with Gasteiger partial charge < -0.3 is 28.9 Å². The molecule has 3 heterocycles. The average Bonchev–Trinajstić information content (AvgIpc) is 3.34. The van der Waals surface area contributed by atoms with E-state index in [-0.39, 0.29) is 30.6 Å². The minimum absolute atomic E-state index is 0.00768. The number of ether oxygens (including phenoxy) is 3. The van der Waals surface area contributed by atoms with Crippen molar-refractivity contribution < 1.29 is 28.7 Å². The number of amides is 2. The summed E-state index contributed by atoms with van der Waals surface area (Å²) >= 11 is 0. The van der Waals surface area contributed by atoms with Gasteiger partial charge in [-0.3, -0.25) is 9.59 Å². The number of likely N-dealkylation sites (tertiary alicyclic amines) is 1. The van der Waals surface area contributed by atoms with Crippen molar-refractivity contribution in [1.29, 1.82) is 0 Å². The number of carbonyl (C=O) groups is 2. The van der Waals surface area contributed by atoms with Crippen molar-refractivity contribution in [2.45, 2.75) is 25.9 Å². The third-order valence-corrected chi connectivity index (χ3v) is 6.12. The lowest BCUT2D eigenvalue weighted by molar-refractivity contribution is -0.917. The zero-order valence-electron chi connectivity index (χ0n) is 17.2. The van der Waals surface area contributed by atoms with E-state index >= 15 is 0 Å². The van der Waals surface area contributed by atoms with E-state index in [1.54, 1.807) is 12.0 Å². The summed E-state index contributed by atoms with van der Waals surface area (Å²) in [6, 6.07) is 6.10. The molecule has 1 aromatic rings. The third-order valence-electron chi connectivity index (χ3n) is 6.12. The first-order valence-electron chi connectivity index (χ1n) is 10.3. The number of piperazine rings is 1. The molecule has 0 unspecified atom stereocenters. The molecule has 8 heteroatoms. The average molecular weight is 404 g/mol. The molecule has 2 amide bonds. The van der Waals surface area contributed by atoms with Gasteiger partial charge in [0.2, 0.25) is 18.6 Å². The summed E-state index contributed by atoms with van der Waals surface area (Å²) in [6.07, 6.45) is 0.317. The molecule has 2 atom stereocenters. The van der Waals surface area contributed by atoms with Crippen LogP contribution in [-0.4, -0.2) is 80.9 Å². The van der Waals surface area contributed by atoms with Gasteiger partial charge in [0.15, 0.2) is 11.5 Å². The highest BCUT2D eigenvalue weighted by atomic mass is 16.7. The van der Waals surface area contributed by atoms with E-state index < -0.39 is 0 Å². The second kappa shape index (κ2) is 8.59. The SMILES string of the molecule is COC[C@H](C)N1C[C@H](C(=O)N2CC[NH+](Cc3ccc4c(c3)OCO4)CC2)CC1=O. The summed E-state index contributed by atoms with van der Waals surface area (Å²) in [6.45, 7) is 7.44. The number of benzene rings is 1. The van der Waals surface area contributed by atoms with Crippen molar-refractivity contribution in [3.8, 4) is 11.5 Å². The van der Waals surface area contributed by atoms with E-state index in [0.717, 1.165) is 44.2 Å². The van der Waals surface area contributed by atoms with Crippen LogP contribution in [-0.2, 0) is 20.9 Å². The third kappa shape index (κ3) is 4.33. The van der Waals surface area contributed by atoms with Gasteiger partial charge in [-0.15, -0.1) is 0 Å². The van der Waals surface area contributed by atoms with E-state index in [1.807, 2.05) is 24.0 Å². The van der Waals surface area contributed by atoms with Crippen molar-refractivity contribution in [3.05, 3.63) is 23.8 Å². The number of quaternary nitrogens is 1. The molecular formula is C21H30N3O5+. The molecule has 2 fully saturated rings. The molecular weight excluding hydrogens is 374 g/mol. The molecule has 0 radical (unpaired) electrons. The van der Waals surface area contributed by atoms with Crippen molar-refractivity contribution in [1.82, 2.24) is 9.80 Å². The number of hydrogen-bond donors (Lipinski definition) is 1. The maximum absolute atomic E-state index is 12.9. The highest BCUT2D eigenvalue weighted by molar-refractivity contribution is 5.89. The smallest absolute Gasteiger partial charge is 0.231 e. The molecule has 0 aliphatic carbocycles. The monoisotopic (exact) mass is 404 g/mol. The van der Waals surface area contributed by atoms with Gasteiger partial charge >= 0.3 is 0 Å². The number of methoxy groups -OCH3 is 1. The fourth-order valence-corrected chi connectivity index (χ4v) is 4.47. The molecule has 0 bridgehead atoms. The summed E-state index contributed by atoms with van der Waals surface area (Å²) in [4.78, 5) is 30.4. The Hall–Kier alpha value is -2.32. The van der Waals surface area contributed by atoms with Gasteiger partial charge in [0, 0.05) is 25.6 Å². The van der Waals surface area contributed by atoms with Crippen molar-refractivity contribution in [2.24, 2.45) is 5.92 Å². The van der Waals surface area contributed by atoms with Crippen LogP contribution in [0.3, 0.4) is 0 Å². The quantitative estimate of drug-likeness (QED) is 0.694. The van der Waals surface area contributed by atoms with Crippen LogP contribution in [0.1, 0.15) is 18.9 Å². The number of fused-ring (bicyclic) bond motifs is 1. The van der Waals surface area contributed by atoms with Crippen LogP contribution in [0.4, 0.5) is 0 Å². The highest BCUT2D eigenvalue weighted by Gasteiger charge is 2.39. The zero-order chi connectivity index (χ0) is 20.4. The van der Waals surface area contributed by atoms with Crippen LogP contribution in [0, 0.1) is 5.92 Å². The second-order valence-electron chi connectivity index (χ2n) is 8.19. The van der Waals surface area contributed by atoms with Crippen LogP contribution >= 0.6 is 0 Å². The highest BCUT2D eigenvalue weighted by Crippen LogP contribution is 2.32. The fraction of sp³-hybridized carbons (Fsp3) is 0.619. The molecule has 3 aliphatic rings. The fourth-order valence-electron chi connectivity index (χ4n) is 4.47. The Balaban J connectivity index is 1.27. The molecule has 3 aliphatic heterocycles. The van der Waals surface area contributed by atoms with Crippen LogP contribution < -0.4 is 14.4 Å². The lowest BCUT2D eigenvalue weighted by Gasteiger charge is -2.33. The van der Waals surface area contributed by atoms with Gasteiger partial charge in [0.1, 0.15) is 6.54 Å². The Morgan fingerprint density at radius 3 is 2.79 bits per heavy atom. The van der Waals surface area contributed by atoms with E-state index in [1.165, 1.54) is 10.5 Å². The Bertz CT molecular complexity index is 763. The molecule has 8 nitrogen and oxygen atoms in total. The summed E-state index contributed by atoms with van der Waals surface area (Å²) < 4.78 is 16.0. The summed E-state index contributed by atoms with van der Waals surface area (Å²) in [7, 11) is 1.63. The number of rotatable bonds is 6. The molecule has 0 aromatic heterocycles. The first kappa shape index (κ1) is 20.0. The zero-order valence-corrected chi connectivity index (χ0v) is 17.2. The Kier molecular flexibility index (Phi) is 5.91. The number of nitrogens with zero attached hydrogens (tertiary/aromatic N) is 2. The van der Waals surface area contributed by atoms with E-state index in [9.17, 15) is 9.59 Å². The van der Waals surface area contributed by atoms with Gasteiger partial charge in [-0.25, -0.2) is 0 Å². The van der Waals surface area contributed by atoms with Crippen molar-refractivity contribution in [2.75, 3.05) is 53.2 Å². The summed E-state index contributed by atoms with van der Waals surface area (Å²) in [5.41, 5.74) is 1.22. The van der Waals surface area contributed by atoms with E-state index in [0.29, 0.717) is 19.6 Å². The first-order valence-corrected chi connectivity index (χ1v) is 10.3. The maximum atomic E-state index is 12.9. The Morgan fingerprint density at radius 2 is 2.03 bits per heavy atom. The Labute approximate surface area is 171 Å². The van der Waals surface area contributed by atoms with Gasteiger partial charge in [0.05, 0.1) is 44.7 Å². The van der Waals surface area contributed by atoms with Gasteiger partial charge in [0.25, 0.3) is 0 Å². The largest absolute Gasteiger partial charge is 0.454 e. The van der Waals surface area contributed by atoms with Gasteiger partial charge in [-0.05, 0) is 25.1 Å². The number of hydrogen-bond acceptors (Lipinski definition) is 5. The van der Waals surface area contributed by atoms with Crippen molar-refractivity contribution in [3.63, 3.8) is 0 Å². The Morgan fingerprint density at radius 1 is 1.28 bits per heavy atom. The minimum atomic E-state index is -0.225. The topological polar surface area (TPSA) is 72.8 Å². The van der Waals surface area contributed by atoms with Crippen molar-refractivity contribution >= 4 is 11.8 Å². The molecule has 1 N–H and O–H groups in total. The molecule has 158 valence electrons. The predicted octanol–water partition coefficient (Wildman–Crippen LogP) is -0.474. The molecule has 29 heavy (non-hydrogen) atoms. The molecule has 4 rings (SSSR count). The predicted molar refractivity (Wildman–Crippen MR) is 105 cm³/mol. The molecule has 2 saturated heterocycles. The normalized spacial score (nSPS) is 23.0. The van der Waals surface area contributed by atoms with E-state index in [2.05, 4.69) is 6.07 Å². The standard InChI is InChI=1S/C21H29N3O5/c1-15(13-27-2)24-12-17(10-20(24)25)21(26)23-7-5-22(6-8-23)11-16-3-4-18-19(9-16)29-14-28-18/h3-4,9,15,17H,5-8,10-14H2,1-2H3/p+1/t15-,17+/m0/s1.